The van der Waals surface area contributed by atoms with Crippen LogP contribution in [0.5, 0.6) is 5.75 Å². The van der Waals surface area contributed by atoms with Gasteiger partial charge in [0.15, 0.2) is 5.96 Å². The molecule has 0 amide bonds. The predicted octanol–water partition coefficient (Wildman–Crippen LogP) is 3.95. The maximum Gasteiger partial charge on any atom is 0.191 e. The molecule has 0 bridgehead atoms. The van der Waals surface area contributed by atoms with Gasteiger partial charge in [0.25, 0.3) is 0 Å². The summed E-state index contributed by atoms with van der Waals surface area (Å²) in [5.41, 5.74) is 2.80. The second-order valence-electron chi connectivity index (χ2n) is 7.01. The normalized spacial score (nSPS) is 11.2. The lowest BCUT2D eigenvalue weighted by Gasteiger charge is -2.13. The Morgan fingerprint density at radius 2 is 1.66 bits per heavy atom. The second-order valence-corrected chi connectivity index (χ2v) is 7.01. The third-order valence-electron chi connectivity index (χ3n) is 4.31. The third-order valence-corrected chi connectivity index (χ3v) is 4.31. The highest BCUT2D eigenvalue weighted by Crippen LogP contribution is 2.12. The summed E-state index contributed by atoms with van der Waals surface area (Å²) in [5, 5.41) is 6.53. The monoisotopic (exact) mass is 514 g/mol. The van der Waals surface area contributed by atoms with Gasteiger partial charge in [0.1, 0.15) is 11.6 Å². The van der Waals surface area contributed by atoms with Crippen LogP contribution in [0, 0.1) is 12.7 Å². The molecule has 29 heavy (non-hydrogen) atoms. The molecule has 2 aromatic carbocycles. The lowest BCUT2D eigenvalue weighted by molar-refractivity contribution is 0.281. The molecule has 0 radical (unpaired) electrons. The van der Waals surface area contributed by atoms with E-state index < -0.39 is 0 Å². The highest BCUT2D eigenvalue weighted by molar-refractivity contribution is 14.0. The molecule has 2 N–H and O–H groups in total. The molecule has 0 aliphatic heterocycles. The van der Waals surface area contributed by atoms with Gasteiger partial charge in [-0.3, -0.25) is 4.99 Å². The van der Waals surface area contributed by atoms with Crippen LogP contribution in [0.3, 0.4) is 0 Å². The summed E-state index contributed by atoms with van der Waals surface area (Å²) in [6, 6.07) is 13.2. The first-order valence-corrected chi connectivity index (χ1v) is 9.54. The zero-order valence-electron chi connectivity index (χ0n) is 17.7. The van der Waals surface area contributed by atoms with Gasteiger partial charge in [0, 0.05) is 26.7 Å². The molecule has 7 heteroatoms. The van der Waals surface area contributed by atoms with Crippen LogP contribution in [0.4, 0.5) is 4.39 Å². The molecule has 0 fully saturated rings. The second kappa shape index (κ2) is 13.4. The number of rotatable bonds is 9. The highest BCUT2D eigenvalue weighted by Gasteiger charge is 2.02. The van der Waals surface area contributed by atoms with Gasteiger partial charge in [-0.25, -0.2) is 4.39 Å². The molecule has 0 aliphatic rings. The molecule has 5 nitrogen and oxygen atoms in total. The van der Waals surface area contributed by atoms with Crippen molar-refractivity contribution in [3.63, 3.8) is 0 Å². The van der Waals surface area contributed by atoms with Gasteiger partial charge < -0.3 is 20.3 Å². The number of benzene rings is 2. The van der Waals surface area contributed by atoms with Crippen LogP contribution >= 0.6 is 24.0 Å². The van der Waals surface area contributed by atoms with E-state index in [1.807, 2.05) is 30.3 Å². The van der Waals surface area contributed by atoms with Crippen molar-refractivity contribution in [1.82, 2.24) is 15.5 Å². The number of nitrogens with one attached hydrogen (secondary N) is 2. The molecule has 160 valence electrons. The summed E-state index contributed by atoms with van der Waals surface area (Å²) in [5.74, 6) is 1.40. The van der Waals surface area contributed by atoms with Crippen molar-refractivity contribution >= 4 is 29.9 Å². The number of halogens is 2. The summed E-state index contributed by atoms with van der Waals surface area (Å²) in [7, 11) is 5.85. The smallest absolute Gasteiger partial charge is 0.191 e. The summed E-state index contributed by atoms with van der Waals surface area (Å²) in [4.78, 5) is 6.38. The number of hydrogen-bond donors (Lipinski definition) is 2. The number of nitrogens with zero attached hydrogens (tertiary/aromatic N) is 2. The van der Waals surface area contributed by atoms with E-state index in [2.05, 4.69) is 34.6 Å². The molecule has 0 aliphatic carbocycles. The van der Waals surface area contributed by atoms with E-state index in [4.69, 9.17) is 4.74 Å². The van der Waals surface area contributed by atoms with Crippen molar-refractivity contribution in [1.29, 1.82) is 0 Å². The fourth-order valence-electron chi connectivity index (χ4n) is 2.68. The van der Waals surface area contributed by atoms with E-state index in [0.717, 1.165) is 36.4 Å². The summed E-state index contributed by atoms with van der Waals surface area (Å²) in [6.07, 6.45) is 1.01. The maximum absolute atomic E-state index is 13.4. The minimum atomic E-state index is -0.184. The Labute approximate surface area is 190 Å². The lowest BCUT2D eigenvalue weighted by Crippen LogP contribution is -2.36. The summed E-state index contributed by atoms with van der Waals surface area (Å²) < 4.78 is 19.1. The first-order valence-electron chi connectivity index (χ1n) is 9.54. The Balaban J connectivity index is 0.00000420. The van der Waals surface area contributed by atoms with Gasteiger partial charge in [-0.15, -0.1) is 24.0 Å². The van der Waals surface area contributed by atoms with Gasteiger partial charge >= 0.3 is 0 Å². The van der Waals surface area contributed by atoms with E-state index in [0.29, 0.717) is 24.6 Å². The fraction of sp³-hybridized carbons (Fsp3) is 0.409. The molecule has 0 heterocycles. The van der Waals surface area contributed by atoms with E-state index in [1.165, 1.54) is 6.07 Å². The Morgan fingerprint density at radius 1 is 1.03 bits per heavy atom. The Kier molecular flexibility index (Phi) is 11.6. The SMILES string of the molecule is CN=C(NCc1ccc(OCCCN(C)C)cc1)NCc1ccc(F)c(C)c1.I. The van der Waals surface area contributed by atoms with E-state index in [1.54, 1.807) is 20.0 Å². The maximum atomic E-state index is 13.4. The molecular formula is C22H32FIN4O. The highest BCUT2D eigenvalue weighted by atomic mass is 127. The van der Waals surface area contributed by atoms with Crippen molar-refractivity contribution < 1.29 is 9.13 Å². The molecule has 0 saturated heterocycles. The number of hydrogen-bond acceptors (Lipinski definition) is 3. The Bertz CT molecular complexity index is 766. The number of guanidine groups is 1. The average molecular weight is 514 g/mol. The van der Waals surface area contributed by atoms with Crippen LogP contribution < -0.4 is 15.4 Å². The summed E-state index contributed by atoms with van der Waals surface area (Å²) in [6.45, 7) is 4.74. The molecule has 0 saturated carbocycles. The van der Waals surface area contributed by atoms with Gasteiger partial charge in [-0.05, 0) is 62.3 Å². The molecule has 0 unspecified atom stereocenters. The predicted molar refractivity (Wildman–Crippen MR) is 129 cm³/mol. The quantitative estimate of drug-likeness (QED) is 0.230. The van der Waals surface area contributed by atoms with E-state index in [-0.39, 0.29) is 29.8 Å². The molecule has 0 aromatic heterocycles. The molecule has 0 spiro atoms. The minimum Gasteiger partial charge on any atom is -0.494 e. The van der Waals surface area contributed by atoms with Gasteiger partial charge in [-0.1, -0.05) is 24.3 Å². The van der Waals surface area contributed by atoms with Crippen LogP contribution in [0.25, 0.3) is 0 Å². The van der Waals surface area contributed by atoms with E-state index in [9.17, 15) is 4.39 Å². The Morgan fingerprint density at radius 3 is 2.24 bits per heavy atom. The minimum absolute atomic E-state index is 0. The van der Waals surface area contributed by atoms with Crippen molar-refractivity contribution in [3.05, 3.63) is 65.0 Å². The third kappa shape index (κ3) is 9.45. The zero-order valence-corrected chi connectivity index (χ0v) is 20.0. The number of ether oxygens (including phenoxy) is 1. The first kappa shape index (κ1) is 25.2. The number of aryl methyl sites for hydroxylation is 1. The van der Waals surface area contributed by atoms with Crippen LogP contribution in [-0.2, 0) is 13.1 Å². The fourth-order valence-corrected chi connectivity index (χ4v) is 2.68. The molecule has 2 aromatic rings. The topological polar surface area (TPSA) is 48.9 Å². The zero-order chi connectivity index (χ0) is 20.4. The van der Waals surface area contributed by atoms with Crippen LogP contribution in [0.15, 0.2) is 47.5 Å². The van der Waals surface area contributed by atoms with Crippen molar-refractivity contribution in [2.45, 2.75) is 26.4 Å². The molecule has 2 rings (SSSR count). The van der Waals surface area contributed by atoms with Gasteiger partial charge in [-0.2, -0.15) is 0 Å². The lowest BCUT2D eigenvalue weighted by atomic mass is 10.1. The van der Waals surface area contributed by atoms with Gasteiger partial charge in [0.05, 0.1) is 6.61 Å². The van der Waals surface area contributed by atoms with Crippen molar-refractivity contribution in [3.8, 4) is 5.75 Å². The largest absolute Gasteiger partial charge is 0.494 e. The van der Waals surface area contributed by atoms with Crippen LogP contribution in [0.1, 0.15) is 23.1 Å². The van der Waals surface area contributed by atoms with Crippen LogP contribution in [0.2, 0.25) is 0 Å². The van der Waals surface area contributed by atoms with Crippen molar-refractivity contribution in [2.75, 3.05) is 34.3 Å². The standard InChI is InChI=1S/C22H31FN4O.HI/c1-17-14-19(8-11-21(17)23)16-26-22(24-2)25-15-18-6-9-20(10-7-18)28-13-5-12-27(3)4;/h6-11,14H,5,12-13,15-16H2,1-4H3,(H2,24,25,26);1H. The molecular weight excluding hydrogens is 482 g/mol. The summed E-state index contributed by atoms with van der Waals surface area (Å²) >= 11 is 0. The van der Waals surface area contributed by atoms with Crippen molar-refractivity contribution in [2.24, 2.45) is 4.99 Å². The number of aliphatic imine (C=N–C) groups is 1. The van der Waals surface area contributed by atoms with Crippen LogP contribution in [-0.4, -0.2) is 45.2 Å². The Hall–Kier alpha value is -1.87. The van der Waals surface area contributed by atoms with Gasteiger partial charge in [0.2, 0.25) is 0 Å². The van der Waals surface area contributed by atoms with E-state index >= 15 is 0 Å². The molecule has 0 atom stereocenters. The average Bonchev–Trinajstić information content (AvgIpc) is 2.69. The first-order chi connectivity index (χ1) is 13.5.